The molecular weight excluding hydrogens is 439 g/mol. The predicted octanol–water partition coefficient (Wildman–Crippen LogP) is 5.64. The lowest BCUT2D eigenvalue weighted by atomic mass is 9.94. The molecule has 4 rings (SSSR count). The van der Waals surface area contributed by atoms with E-state index in [1.54, 1.807) is 49.4 Å². The van der Waals surface area contributed by atoms with Gasteiger partial charge in [-0.05, 0) is 61.0 Å². The molecule has 0 fully saturated rings. The van der Waals surface area contributed by atoms with Crippen molar-refractivity contribution in [2.75, 3.05) is 0 Å². The third kappa shape index (κ3) is 3.93. The van der Waals surface area contributed by atoms with Crippen LogP contribution in [0.2, 0.25) is 10.0 Å². The molecule has 2 amide bonds. The van der Waals surface area contributed by atoms with Crippen LogP contribution in [-0.4, -0.2) is 16.7 Å². The second-order valence-electron chi connectivity index (χ2n) is 6.77. The smallest absolute Gasteiger partial charge is 0.272 e. The number of nitrogens with zero attached hydrogens (tertiary/aromatic N) is 2. The molecule has 0 saturated carbocycles. The number of carbonyl (C=O) groups excluding carboxylic acids is 2. The van der Waals surface area contributed by atoms with E-state index in [-0.39, 0.29) is 23.3 Å². The number of nitriles is 1. The van der Waals surface area contributed by atoms with Crippen molar-refractivity contribution in [2.24, 2.45) is 0 Å². The zero-order valence-corrected chi connectivity index (χ0v) is 17.7. The maximum atomic E-state index is 13.1. The summed E-state index contributed by atoms with van der Waals surface area (Å²) in [5.74, 6) is 0.0818. The molecule has 0 unspecified atom stereocenters. The van der Waals surface area contributed by atoms with Crippen LogP contribution in [0.3, 0.4) is 0 Å². The zero-order chi connectivity index (χ0) is 22.1. The predicted molar refractivity (Wildman–Crippen MR) is 115 cm³/mol. The summed E-state index contributed by atoms with van der Waals surface area (Å²) in [5, 5.41) is 10.4. The van der Waals surface area contributed by atoms with E-state index in [1.165, 1.54) is 12.3 Å². The standard InChI is InChI=1S/C23H14Cl2N2O4/c1-13-18(10-15-5-7-21(31-15)17-6-4-14(24)9-20(17)25)22(28)27(23(29)19(13)11-26)12-16-3-2-8-30-16/h2-10H,12H2,1H3/b18-10+. The molecule has 3 aromatic rings. The minimum atomic E-state index is -0.661. The number of imide groups is 1. The minimum absolute atomic E-state index is 0.0791. The average molecular weight is 453 g/mol. The van der Waals surface area contributed by atoms with Crippen LogP contribution in [0.15, 0.2) is 74.3 Å². The molecule has 0 spiro atoms. The zero-order valence-electron chi connectivity index (χ0n) is 16.2. The molecule has 3 heterocycles. The molecule has 0 N–H and O–H groups in total. The molecule has 8 heteroatoms. The number of amides is 2. The van der Waals surface area contributed by atoms with Crippen molar-refractivity contribution < 1.29 is 18.4 Å². The van der Waals surface area contributed by atoms with Crippen LogP contribution < -0.4 is 0 Å². The van der Waals surface area contributed by atoms with Gasteiger partial charge in [-0.3, -0.25) is 14.5 Å². The Morgan fingerprint density at radius 2 is 1.94 bits per heavy atom. The molecule has 0 aliphatic carbocycles. The van der Waals surface area contributed by atoms with Crippen molar-refractivity contribution in [3.63, 3.8) is 0 Å². The summed E-state index contributed by atoms with van der Waals surface area (Å²) in [5.41, 5.74) is 1.01. The van der Waals surface area contributed by atoms with Crippen molar-refractivity contribution in [3.05, 3.63) is 87.0 Å². The molecule has 0 atom stereocenters. The summed E-state index contributed by atoms with van der Waals surface area (Å²) in [6.07, 6.45) is 2.95. The highest BCUT2D eigenvalue weighted by atomic mass is 35.5. The number of carbonyl (C=O) groups is 2. The van der Waals surface area contributed by atoms with Crippen LogP contribution in [0.25, 0.3) is 17.4 Å². The van der Waals surface area contributed by atoms with Gasteiger partial charge in [-0.2, -0.15) is 5.26 Å². The number of hydrogen-bond acceptors (Lipinski definition) is 5. The molecule has 0 radical (unpaired) electrons. The first-order valence-corrected chi connectivity index (χ1v) is 9.91. The van der Waals surface area contributed by atoms with E-state index in [1.807, 2.05) is 6.07 Å². The first kappa shape index (κ1) is 20.7. The maximum Gasteiger partial charge on any atom is 0.272 e. The molecule has 0 bridgehead atoms. The lowest BCUT2D eigenvalue weighted by Gasteiger charge is -2.26. The Hall–Kier alpha value is -3.53. The van der Waals surface area contributed by atoms with E-state index in [9.17, 15) is 14.9 Å². The lowest BCUT2D eigenvalue weighted by molar-refractivity contribution is -0.141. The van der Waals surface area contributed by atoms with Gasteiger partial charge in [0, 0.05) is 16.2 Å². The second-order valence-corrected chi connectivity index (χ2v) is 7.62. The minimum Gasteiger partial charge on any atom is -0.467 e. The van der Waals surface area contributed by atoms with Crippen LogP contribution in [0.1, 0.15) is 18.4 Å². The normalized spacial score (nSPS) is 15.7. The van der Waals surface area contributed by atoms with E-state index in [2.05, 4.69) is 0 Å². The Bertz CT molecular complexity index is 1290. The van der Waals surface area contributed by atoms with Gasteiger partial charge in [0.2, 0.25) is 0 Å². The summed E-state index contributed by atoms with van der Waals surface area (Å²) in [4.78, 5) is 26.7. The molecule has 154 valence electrons. The third-order valence-electron chi connectivity index (χ3n) is 4.83. The fourth-order valence-electron chi connectivity index (χ4n) is 3.24. The summed E-state index contributed by atoms with van der Waals surface area (Å²) in [6.45, 7) is 1.48. The van der Waals surface area contributed by atoms with Crippen molar-refractivity contribution in [2.45, 2.75) is 13.5 Å². The molecule has 0 saturated heterocycles. The van der Waals surface area contributed by atoms with Gasteiger partial charge in [-0.1, -0.05) is 23.2 Å². The fraction of sp³-hybridized carbons (Fsp3) is 0.0870. The highest BCUT2D eigenvalue weighted by Gasteiger charge is 2.36. The van der Waals surface area contributed by atoms with Crippen LogP contribution in [0, 0.1) is 11.3 Å². The third-order valence-corrected chi connectivity index (χ3v) is 5.38. The fourth-order valence-corrected chi connectivity index (χ4v) is 3.74. The van der Waals surface area contributed by atoms with E-state index < -0.39 is 11.8 Å². The Kier molecular flexibility index (Phi) is 5.55. The summed E-state index contributed by atoms with van der Waals surface area (Å²) in [7, 11) is 0. The Morgan fingerprint density at radius 1 is 1.13 bits per heavy atom. The largest absolute Gasteiger partial charge is 0.467 e. The van der Waals surface area contributed by atoms with Gasteiger partial charge in [0.25, 0.3) is 11.8 Å². The van der Waals surface area contributed by atoms with Gasteiger partial charge in [-0.15, -0.1) is 0 Å². The molecular formula is C23H14Cl2N2O4. The maximum absolute atomic E-state index is 13.1. The highest BCUT2D eigenvalue weighted by Crippen LogP contribution is 2.33. The van der Waals surface area contributed by atoms with Gasteiger partial charge >= 0.3 is 0 Å². The summed E-state index contributed by atoms with van der Waals surface area (Å²) >= 11 is 12.2. The monoisotopic (exact) mass is 452 g/mol. The van der Waals surface area contributed by atoms with Crippen molar-refractivity contribution in [3.8, 4) is 17.4 Å². The van der Waals surface area contributed by atoms with Crippen LogP contribution in [0.5, 0.6) is 0 Å². The van der Waals surface area contributed by atoms with Crippen LogP contribution in [0.4, 0.5) is 0 Å². The van der Waals surface area contributed by atoms with E-state index >= 15 is 0 Å². The van der Waals surface area contributed by atoms with Crippen molar-refractivity contribution in [1.29, 1.82) is 5.26 Å². The molecule has 6 nitrogen and oxygen atoms in total. The average Bonchev–Trinajstić information content (AvgIpc) is 3.41. The Morgan fingerprint density at radius 3 is 2.61 bits per heavy atom. The summed E-state index contributed by atoms with van der Waals surface area (Å²) < 4.78 is 11.1. The first-order valence-electron chi connectivity index (χ1n) is 9.16. The Balaban J connectivity index is 1.73. The SMILES string of the molecule is CC1=C(C#N)C(=O)N(Cc2ccco2)C(=O)/C1=C/c1ccc(-c2ccc(Cl)cc2Cl)o1. The first-order chi connectivity index (χ1) is 14.9. The molecule has 31 heavy (non-hydrogen) atoms. The quantitative estimate of drug-likeness (QED) is 0.377. The molecule has 2 aromatic heterocycles. The van der Waals surface area contributed by atoms with Gasteiger partial charge in [0.1, 0.15) is 28.9 Å². The van der Waals surface area contributed by atoms with Gasteiger partial charge < -0.3 is 8.83 Å². The van der Waals surface area contributed by atoms with Gasteiger partial charge in [-0.25, -0.2) is 0 Å². The van der Waals surface area contributed by atoms with E-state index in [0.29, 0.717) is 32.9 Å². The molecule has 1 aliphatic rings. The van der Waals surface area contributed by atoms with Crippen LogP contribution >= 0.6 is 23.2 Å². The van der Waals surface area contributed by atoms with Crippen LogP contribution in [-0.2, 0) is 16.1 Å². The van der Waals surface area contributed by atoms with Gasteiger partial charge in [0.15, 0.2) is 0 Å². The molecule has 1 aromatic carbocycles. The number of halogens is 2. The number of benzene rings is 1. The van der Waals surface area contributed by atoms with Gasteiger partial charge in [0.05, 0.1) is 17.8 Å². The second kappa shape index (κ2) is 8.31. The number of rotatable bonds is 4. The van der Waals surface area contributed by atoms with Crippen molar-refractivity contribution in [1.82, 2.24) is 4.90 Å². The van der Waals surface area contributed by atoms with E-state index in [4.69, 9.17) is 32.0 Å². The lowest BCUT2D eigenvalue weighted by Crippen LogP contribution is -2.42. The summed E-state index contributed by atoms with van der Waals surface area (Å²) in [6, 6.07) is 13.6. The topological polar surface area (TPSA) is 87.5 Å². The highest BCUT2D eigenvalue weighted by molar-refractivity contribution is 6.36. The number of furan rings is 2. The van der Waals surface area contributed by atoms with Crippen molar-refractivity contribution >= 4 is 41.1 Å². The Labute approximate surface area is 187 Å². The molecule has 1 aliphatic heterocycles. The number of hydrogen-bond donors (Lipinski definition) is 0. The van der Waals surface area contributed by atoms with E-state index in [0.717, 1.165) is 4.90 Å².